The Morgan fingerprint density at radius 3 is 2.75 bits per heavy atom. The lowest BCUT2D eigenvalue weighted by atomic mass is 9.89. The largest absolute Gasteiger partial charge is 0.348 e. The third kappa shape index (κ3) is 4.14. The molecule has 5 heteroatoms. The number of allylic oxidation sites excluding steroid dienone is 3. The van der Waals surface area contributed by atoms with E-state index < -0.39 is 0 Å². The fourth-order valence-corrected chi connectivity index (χ4v) is 4.25. The van der Waals surface area contributed by atoms with Crippen LogP contribution in [-0.2, 0) is 4.79 Å². The Hall–Kier alpha value is -2.14. The van der Waals surface area contributed by atoms with E-state index in [1.165, 1.54) is 0 Å². The Labute approximate surface area is 174 Å². The van der Waals surface area contributed by atoms with Crippen LogP contribution >= 0.6 is 15.9 Å². The van der Waals surface area contributed by atoms with Crippen LogP contribution in [0.5, 0.6) is 0 Å². The smallest absolute Gasteiger partial charge is 0.252 e. The highest BCUT2D eigenvalue weighted by Gasteiger charge is 2.21. The van der Waals surface area contributed by atoms with Crippen molar-refractivity contribution in [3.8, 4) is 0 Å². The second-order valence-corrected chi connectivity index (χ2v) is 8.65. The van der Waals surface area contributed by atoms with Crippen molar-refractivity contribution in [2.45, 2.75) is 53.0 Å². The van der Waals surface area contributed by atoms with Crippen LogP contribution < -0.4 is 5.32 Å². The van der Waals surface area contributed by atoms with Crippen molar-refractivity contribution in [1.82, 2.24) is 9.88 Å². The van der Waals surface area contributed by atoms with Crippen molar-refractivity contribution in [2.75, 3.05) is 6.54 Å². The molecule has 148 valence electrons. The average Bonchev–Trinajstić information content (AvgIpc) is 3.04. The maximum atomic E-state index is 13.0. The molecule has 1 aliphatic rings. The topological polar surface area (TPSA) is 51.1 Å². The lowest BCUT2D eigenvalue weighted by Gasteiger charge is -2.18. The van der Waals surface area contributed by atoms with E-state index in [1.807, 2.05) is 31.3 Å². The molecule has 0 fully saturated rings. The summed E-state index contributed by atoms with van der Waals surface area (Å²) < 4.78 is 3.01. The number of rotatable bonds is 6. The Morgan fingerprint density at radius 1 is 1.32 bits per heavy atom. The van der Waals surface area contributed by atoms with Crippen LogP contribution in [0.1, 0.15) is 63.4 Å². The molecule has 0 saturated carbocycles. The van der Waals surface area contributed by atoms with Crippen LogP contribution in [0.3, 0.4) is 0 Å². The number of ketones is 1. The van der Waals surface area contributed by atoms with Gasteiger partial charge in [-0.05, 0) is 51.0 Å². The summed E-state index contributed by atoms with van der Waals surface area (Å²) in [4.78, 5) is 25.5. The monoisotopic (exact) mass is 442 g/mol. The van der Waals surface area contributed by atoms with E-state index in [0.717, 1.165) is 44.9 Å². The van der Waals surface area contributed by atoms with Gasteiger partial charge in [0.25, 0.3) is 5.91 Å². The predicted octanol–water partition coefficient (Wildman–Crippen LogP) is 5.73. The summed E-state index contributed by atoms with van der Waals surface area (Å²) in [7, 11) is 0. The molecular formula is C23H27BrN2O2. The van der Waals surface area contributed by atoms with Gasteiger partial charge in [0, 0.05) is 46.2 Å². The summed E-state index contributed by atoms with van der Waals surface area (Å²) in [6, 6.07) is 6.17. The number of nitrogens with zero attached hydrogens (tertiary/aromatic N) is 1. The van der Waals surface area contributed by atoms with E-state index in [1.54, 1.807) is 0 Å². The third-order valence-electron chi connectivity index (χ3n) is 5.13. The van der Waals surface area contributed by atoms with Gasteiger partial charge < -0.3 is 9.88 Å². The maximum Gasteiger partial charge on any atom is 0.252 e. The summed E-state index contributed by atoms with van der Waals surface area (Å²) in [6.45, 7) is 8.59. The molecule has 0 bridgehead atoms. The number of amides is 1. The van der Waals surface area contributed by atoms with Crippen molar-refractivity contribution in [2.24, 2.45) is 0 Å². The average molecular weight is 443 g/mol. The first-order chi connectivity index (χ1) is 13.3. The zero-order chi connectivity index (χ0) is 20.4. The Morgan fingerprint density at radius 2 is 2.07 bits per heavy atom. The van der Waals surface area contributed by atoms with E-state index in [0.29, 0.717) is 18.0 Å². The summed E-state index contributed by atoms with van der Waals surface area (Å²) in [5, 5.41) is 3.90. The van der Waals surface area contributed by atoms with Crippen molar-refractivity contribution in [3.05, 3.63) is 57.2 Å². The molecule has 3 rings (SSSR count). The zero-order valence-corrected chi connectivity index (χ0v) is 18.5. The molecular weight excluding hydrogens is 416 g/mol. The summed E-state index contributed by atoms with van der Waals surface area (Å²) in [5.41, 5.74) is 4.53. The fourth-order valence-electron chi connectivity index (χ4n) is 3.81. The second-order valence-electron chi connectivity index (χ2n) is 7.73. The van der Waals surface area contributed by atoms with Gasteiger partial charge in [-0.3, -0.25) is 9.59 Å². The lowest BCUT2D eigenvalue weighted by molar-refractivity contribution is -0.115. The molecule has 0 saturated heterocycles. The van der Waals surface area contributed by atoms with Crippen molar-refractivity contribution in [1.29, 1.82) is 0 Å². The number of hydrogen-bond acceptors (Lipinski definition) is 2. The predicted molar refractivity (Wildman–Crippen MR) is 118 cm³/mol. The molecule has 0 spiro atoms. The molecule has 0 unspecified atom stereocenters. The van der Waals surface area contributed by atoms with Gasteiger partial charge in [-0.2, -0.15) is 0 Å². The van der Waals surface area contributed by atoms with Crippen LogP contribution in [0.4, 0.5) is 0 Å². The first-order valence-electron chi connectivity index (χ1n) is 9.82. The number of carbonyl (C=O) groups is 2. The number of aromatic nitrogens is 1. The highest BCUT2D eigenvalue weighted by atomic mass is 79.9. The molecule has 4 nitrogen and oxygen atoms in total. The zero-order valence-electron chi connectivity index (χ0n) is 16.9. The molecule has 1 aliphatic carbocycles. The fraction of sp³-hybridized carbons (Fsp3) is 0.391. The molecule has 0 aliphatic heterocycles. The van der Waals surface area contributed by atoms with Gasteiger partial charge in [0.05, 0.1) is 5.52 Å². The molecule has 1 N–H and O–H groups in total. The van der Waals surface area contributed by atoms with Gasteiger partial charge in [0.1, 0.15) is 0 Å². The molecule has 1 aromatic carbocycles. The number of halogens is 1. The summed E-state index contributed by atoms with van der Waals surface area (Å²) in [6.07, 6.45) is 6.38. The SMILES string of the molecule is CCCC1=C(CNC(=O)c2cc(Br)cc3c2ccn3C(C)C)C(=O)CC(C)=C1. The molecule has 1 aromatic heterocycles. The summed E-state index contributed by atoms with van der Waals surface area (Å²) >= 11 is 3.53. The standard InChI is InChI=1S/C23H27BrN2O2/c1-5-6-16-9-15(4)10-22(27)20(16)13-25-23(28)19-11-17(24)12-21-18(19)7-8-26(21)14(2)3/h7-9,11-12,14H,5-6,10,13H2,1-4H3,(H,25,28). The lowest BCUT2D eigenvalue weighted by Crippen LogP contribution is -2.29. The van der Waals surface area contributed by atoms with Gasteiger partial charge in [-0.15, -0.1) is 0 Å². The first kappa shape index (κ1) is 20.6. The molecule has 0 radical (unpaired) electrons. The number of nitrogens with one attached hydrogen (secondary N) is 1. The number of Topliss-reactive ketones (excluding diaryl/α,β-unsaturated/α-hetero) is 1. The number of hydrogen-bond donors (Lipinski definition) is 1. The summed E-state index contributed by atoms with van der Waals surface area (Å²) in [5.74, 6) is -0.0377. The minimum absolute atomic E-state index is 0.120. The van der Waals surface area contributed by atoms with E-state index in [9.17, 15) is 9.59 Å². The number of benzene rings is 1. The van der Waals surface area contributed by atoms with E-state index in [2.05, 4.69) is 52.7 Å². The Balaban J connectivity index is 1.89. The van der Waals surface area contributed by atoms with Crippen LogP contribution in [0.15, 0.2) is 51.7 Å². The molecule has 1 heterocycles. The van der Waals surface area contributed by atoms with Gasteiger partial charge in [-0.25, -0.2) is 0 Å². The van der Waals surface area contributed by atoms with Gasteiger partial charge in [-0.1, -0.05) is 40.9 Å². The van der Waals surface area contributed by atoms with Crippen LogP contribution in [-0.4, -0.2) is 22.8 Å². The Kier molecular flexibility index (Phi) is 6.23. The highest BCUT2D eigenvalue weighted by molar-refractivity contribution is 9.10. The van der Waals surface area contributed by atoms with Crippen LogP contribution in [0.25, 0.3) is 10.9 Å². The maximum absolute atomic E-state index is 13.0. The van der Waals surface area contributed by atoms with Crippen molar-refractivity contribution in [3.63, 3.8) is 0 Å². The minimum Gasteiger partial charge on any atom is -0.348 e. The van der Waals surface area contributed by atoms with E-state index in [4.69, 9.17) is 0 Å². The van der Waals surface area contributed by atoms with E-state index >= 15 is 0 Å². The highest BCUT2D eigenvalue weighted by Crippen LogP contribution is 2.28. The second kappa shape index (κ2) is 8.48. The van der Waals surface area contributed by atoms with Gasteiger partial charge in [0.2, 0.25) is 0 Å². The van der Waals surface area contributed by atoms with Crippen LogP contribution in [0.2, 0.25) is 0 Å². The van der Waals surface area contributed by atoms with Gasteiger partial charge >= 0.3 is 0 Å². The van der Waals surface area contributed by atoms with Crippen molar-refractivity contribution >= 4 is 38.5 Å². The molecule has 1 amide bonds. The first-order valence-corrected chi connectivity index (χ1v) is 10.6. The van der Waals surface area contributed by atoms with Gasteiger partial charge in [0.15, 0.2) is 5.78 Å². The minimum atomic E-state index is -0.157. The number of fused-ring (bicyclic) bond motifs is 1. The normalized spacial score (nSPS) is 14.8. The van der Waals surface area contributed by atoms with Crippen molar-refractivity contribution < 1.29 is 9.59 Å². The number of carbonyl (C=O) groups excluding carboxylic acids is 2. The molecule has 0 atom stereocenters. The van der Waals surface area contributed by atoms with Crippen LogP contribution in [0, 0.1) is 0 Å². The molecule has 2 aromatic rings. The molecule has 28 heavy (non-hydrogen) atoms. The van der Waals surface area contributed by atoms with E-state index in [-0.39, 0.29) is 18.2 Å². The Bertz CT molecular complexity index is 995. The quantitative estimate of drug-likeness (QED) is 0.620. The third-order valence-corrected chi connectivity index (χ3v) is 5.59.